The van der Waals surface area contributed by atoms with Crippen LogP contribution in [-0.4, -0.2) is 33.7 Å². The van der Waals surface area contributed by atoms with Gasteiger partial charge < -0.3 is 10.1 Å². The zero-order valence-electron chi connectivity index (χ0n) is 14.4. The van der Waals surface area contributed by atoms with Crippen molar-refractivity contribution in [2.75, 3.05) is 23.0 Å². The van der Waals surface area contributed by atoms with Gasteiger partial charge in [0.1, 0.15) is 11.8 Å². The van der Waals surface area contributed by atoms with Crippen LogP contribution in [0, 0.1) is 0 Å². The highest BCUT2D eigenvalue weighted by atomic mass is 35.5. The molecule has 0 aromatic heterocycles. The molecule has 2 aromatic rings. The number of amides is 1. The van der Waals surface area contributed by atoms with E-state index in [1.807, 2.05) is 0 Å². The van der Waals surface area contributed by atoms with E-state index in [0.717, 1.165) is 10.6 Å². The molecule has 0 spiro atoms. The molecule has 0 saturated heterocycles. The normalized spacial score (nSPS) is 12.3. The van der Waals surface area contributed by atoms with Gasteiger partial charge in [-0.25, -0.2) is 8.42 Å². The number of carbonyl (C=O) groups excluding carboxylic acids is 1. The number of nitrogens with zero attached hydrogens (tertiary/aromatic N) is 1. The van der Waals surface area contributed by atoms with Gasteiger partial charge in [-0.15, -0.1) is 0 Å². The van der Waals surface area contributed by atoms with Crippen LogP contribution in [0.15, 0.2) is 42.5 Å². The number of nitrogens with one attached hydrogen (secondary N) is 1. The number of benzene rings is 2. The first-order valence-corrected chi connectivity index (χ1v) is 10.1. The van der Waals surface area contributed by atoms with Crippen molar-refractivity contribution in [3.05, 3.63) is 52.5 Å². The molecule has 1 amide bonds. The van der Waals surface area contributed by atoms with Crippen LogP contribution in [0.5, 0.6) is 5.75 Å². The summed E-state index contributed by atoms with van der Waals surface area (Å²) in [4.78, 5) is 12.6. The number of hydrogen-bond donors (Lipinski definition) is 1. The third-order valence-corrected chi connectivity index (χ3v) is 5.56. The number of hydrogen-bond acceptors (Lipinski definition) is 4. The van der Waals surface area contributed by atoms with E-state index in [9.17, 15) is 13.2 Å². The Morgan fingerprint density at radius 3 is 2.42 bits per heavy atom. The van der Waals surface area contributed by atoms with Crippen LogP contribution < -0.4 is 14.4 Å². The molecule has 2 rings (SSSR count). The molecule has 0 heterocycles. The smallest absolute Gasteiger partial charge is 0.247 e. The van der Waals surface area contributed by atoms with Crippen molar-refractivity contribution in [2.45, 2.75) is 13.0 Å². The molecule has 2 aromatic carbocycles. The molecule has 0 aliphatic heterocycles. The average molecular weight is 417 g/mol. The Kier molecular flexibility index (Phi) is 6.39. The first kappa shape index (κ1) is 20.4. The maximum atomic E-state index is 12.6. The highest BCUT2D eigenvalue weighted by molar-refractivity contribution is 7.92. The molecule has 26 heavy (non-hydrogen) atoms. The highest BCUT2D eigenvalue weighted by Crippen LogP contribution is 2.27. The Bertz CT molecular complexity index is 919. The third kappa shape index (κ3) is 4.81. The van der Waals surface area contributed by atoms with E-state index in [0.29, 0.717) is 22.1 Å². The van der Waals surface area contributed by atoms with Gasteiger partial charge in [-0.1, -0.05) is 29.3 Å². The second-order valence-electron chi connectivity index (χ2n) is 5.55. The molecule has 1 N–H and O–H groups in total. The van der Waals surface area contributed by atoms with Crippen molar-refractivity contribution in [1.29, 1.82) is 0 Å². The first-order valence-electron chi connectivity index (χ1n) is 7.53. The van der Waals surface area contributed by atoms with Crippen molar-refractivity contribution in [3.8, 4) is 5.75 Å². The summed E-state index contributed by atoms with van der Waals surface area (Å²) in [6.45, 7) is 1.49. The fourth-order valence-corrected chi connectivity index (χ4v) is 3.84. The van der Waals surface area contributed by atoms with E-state index in [1.165, 1.54) is 20.1 Å². The van der Waals surface area contributed by atoms with E-state index in [4.69, 9.17) is 27.9 Å². The monoisotopic (exact) mass is 416 g/mol. The van der Waals surface area contributed by atoms with Crippen LogP contribution in [0.3, 0.4) is 0 Å². The minimum atomic E-state index is -3.72. The van der Waals surface area contributed by atoms with Crippen LogP contribution in [0.25, 0.3) is 0 Å². The van der Waals surface area contributed by atoms with Crippen LogP contribution in [-0.2, 0) is 14.8 Å². The fraction of sp³-hybridized carbons (Fsp3) is 0.235. The molecule has 0 radical (unpaired) electrons. The van der Waals surface area contributed by atoms with Gasteiger partial charge in [-0.05, 0) is 37.3 Å². The number of halogens is 2. The Labute approximate surface area is 162 Å². The zero-order valence-corrected chi connectivity index (χ0v) is 16.7. The average Bonchev–Trinajstić information content (AvgIpc) is 2.57. The van der Waals surface area contributed by atoms with Gasteiger partial charge in [0.25, 0.3) is 0 Å². The second kappa shape index (κ2) is 8.16. The summed E-state index contributed by atoms with van der Waals surface area (Å²) < 4.78 is 30.7. The number of anilines is 2. The molecule has 1 unspecified atom stereocenters. The van der Waals surface area contributed by atoms with Gasteiger partial charge in [0.05, 0.1) is 29.1 Å². The van der Waals surface area contributed by atoms with Crippen LogP contribution in [0.1, 0.15) is 6.92 Å². The van der Waals surface area contributed by atoms with Gasteiger partial charge in [0.2, 0.25) is 15.9 Å². The summed E-state index contributed by atoms with van der Waals surface area (Å²) in [7, 11) is -2.25. The largest absolute Gasteiger partial charge is 0.497 e. The first-order chi connectivity index (χ1) is 12.1. The van der Waals surface area contributed by atoms with Gasteiger partial charge in [-0.3, -0.25) is 9.10 Å². The molecule has 0 saturated carbocycles. The molecule has 0 aliphatic rings. The topological polar surface area (TPSA) is 75.7 Å². The van der Waals surface area contributed by atoms with E-state index >= 15 is 0 Å². The van der Waals surface area contributed by atoms with Crippen molar-refractivity contribution in [3.63, 3.8) is 0 Å². The number of rotatable bonds is 6. The summed E-state index contributed by atoms with van der Waals surface area (Å²) >= 11 is 11.8. The van der Waals surface area contributed by atoms with Gasteiger partial charge >= 0.3 is 0 Å². The third-order valence-electron chi connectivity index (χ3n) is 3.58. The maximum absolute atomic E-state index is 12.6. The quantitative estimate of drug-likeness (QED) is 0.776. The van der Waals surface area contributed by atoms with Crippen LogP contribution in [0.2, 0.25) is 10.0 Å². The molecule has 0 bridgehead atoms. The minimum absolute atomic E-state index is 0.282. The second-order valence-corrected chi connectivity index (χ2v) is 8.23. The molecular weight excluding hydrogens is 399 g/mol. The molecule has 140 valence electrons. The van der Waals surface area contributed by atoms with Crippen molar-refractivity contribution in [1.82, 2.24) is 0 Å². The van der Waals surface area contributed by atoms with Gasteiger partial charge in [0, 0.05) is 11.8 Å². The minimum Gasteiger partial charge on any atom is -0.497 e. The van der Waals surface area contributed by atoms with Crippen LogP contribution >= 0.6 is 23.2 Å². The summed E-state index contributed by atoms with van der Waals surface area (Å²) in [5.41, 5.74) is 0.735. The summed E-state index contributed by atoms with van der Waals surface area (Å²) in [6, 6.07) is 10.1. The predicted molar refractivity (Wildman–Crippen MR) is 105 cm³/mol. The summed E-state index contributed by atoms with van der Waals surface area (Å²) in [6.07, 6.45) is 1.04. The standard InChI is InChI=1S/C17H18Cl2N2O4S/c1-11(17(22)20-12-7-8-15(18)16(19)9-12)21(26(3,23)24)13-5-4-6-14(10-13)25-2/h4-11H,1-3H3,(H,20,22). The maximum Gasteiger partial charge on any atom is 0.247 e. The van der Waals surface area contributed by atoms with Crippen LogP contribution in [0.4, 0.5) is 11.4 Å². The van der Waals surface area contributed by atoms with Gasteiger partial charge in [-0.2, -0.15) is 0 Å². The summed E-state index contributed by atoms with van der Waals surface area (Å²) in [5.74, 6) is -0.0372. The lowest BCUT2D eigenvalue weighted by Gasteiger charge is -2.28. The molecular formula is C17H18Cl2N2O4S. The van der Waals surface area contributed by atoms with Gasteiger partial charge in [0.15, 0.2) is 0 Å². The Morgan fingerprint density at radius 2 is 1.85 bits per heavy atom. The number of methoxy groups -OCH3 is 1. The number of ether oxygens (including phenoxy) is 1. The van der Waals surface area contributed by atoms with E-state index in [2.05, 4.69) is 5.32 Å². The fourth-order valence-electron chi connectivity index (χ4n) is 2.38. The molecule has 0 aliphatic carbocycles. The molecule has 0 fully saturated rings. The van der Waals surface area contributed by atoms with Crippen molar-refractivity contribution >= 4 is 50.5 Å². The zero-order chi connectivity index (χ0) is 19.5. The highest BCUT2D eigenvalue weighted by Gasteiger charge is 2.29. The predicted octanol–water partition coefficient (Wildman–Crippen LogP) is 3.80. The summed E-state index contributed by atoms with van der Waals surface area (Å²) in [5, 5.41) is 3.28. The molecule has 6 nitrogen and oxygen atoms in total. The van der Waals surface area contributed by atoms with E-state index < -0.39 is 22.0 Å². The van der Waals surface area contributed by atoms with Crippen molar-refractivity contribution in [2.24, 2.45) is 0 Å². The van der Waals surface area contributed by atoms with E-state index in [1.54, 1.807) is 36.4 Å². The Morgan fingerprint density at radius 1 is 1.15 bits per heavy atom. The van der Waals surface area contributed by atoms with E-state index in [-0.39, 0.29) is 5.02 Å². The number of carbonyl (C=O) groups is 1. The molecule has 9 heteroatoms. The van der Waals surface area contributed by atoms with Crippen molar-refractivity contribution < 1.29 is 17.9 Å². The lowest BCUT2D eigenvalue weighted by atomic mass is 10.2. The Hall–Kier alpha value is -1.96. The molecule has 1 atom stereocenters. The lowest BCUT2D eigenvalue weighted by molar-refractivity contribution is -0.116. The Balaban J connectivity index is 2.32. The SMILES string of the molecule is COc1cccc(N(C(C)C(=O)Nc2ccc(Cl)c(Cl)c2)S(C)(=O)=O)c1. The number of sulfonamides is 1. The lowest BCUT2D eigenvalue weighted by Crippen LogP contribution is -2.45.